The first-order valence-electron chi connectivity index (χ1n) is 7.60. The molecule has 4 nitrogen and oxygen atoms in total. The van der Waals surface area contributed by atoms with Crippen molar-refractivity contribution in [2.45, 2.75) is 37.6 Å². The minimum absolute atomic E-state index is 0.0633. The molecule has 0 unspecified atom stereocenters. The number of fused-ring (bicyclic) bond motifs is 1. The van der Waals surface area contributed by atoms with Crippen molar-refractivity contribution in [3.63, 3.8) is 0 Å². The van der Waals surface area contributed by atoms with Gasteiger partial charge in [0.25, 0.3) is 5.91 Å². The fourth-order valence-corrected chi connectivity index (χ4v) is 3.20. The topological polar surface area (TPSA) is 68.0 Å². The van der Waals surface area contributed by atoms with Crippen molar-refractivity contribution in [3.8, 4) is 0 Å². The highest BCUT2D eigenvalue weighted by Crippen LogP contribution is 2.28. The van der Waals surface area contributed by atoms with Crippen LogP contribution in [0.3, 0.4) is 0 Å². The van der Waals surface area contributed by atoms with E-state index in [0.717, 1.165) is 36.6 Å². The number of amides is 1. The van der Waals surface area contributed by atoms with E-state index in [1.54, 1.807) is 6.20 Å². The predicted molar refractivity (Wildman–Crippen MR) is 84.1 cm³/mol. The summed E-state index contributed by atoms with van der Waals surface area (Å²) in [7, 11) is 0. The minimum Gasteiger partial charge on any atom is -0.345 e. The van der Waals surface area contributed by atoms with Gasteiger partial charge in [-0.25, -0.2) is 0 Å². The van der Waals surface area contributed by atoms with E-state index in [1.807, 2.05) is 30.3 Å². The molecule has 0 aliphatic heterocycles. The number of nitrogens with one attached hydrogen (secondary N) is 1. The maximum absolute atomic E-state index is 12.7. The van der Waals surface area contributed by atoms with E-state index in [4.69, 9.17) is 5.73 Å². The molecule has 2 aromatic rings. The van der Waals surface area contributed by atoms with E-state index in [9.17, 15) is 4.79 Å². The number of carbonyl (C=O) groups is 1. The lowest BCUT2D eigenvalue weighted by Crippen LogP contribution is -2.54. The van der Waals surface area contributed by atoms with Crippen LogP contribution in [0.2, 0.25) is 0 Å². The molecule has 1 amide bonds. The second-order valence-electron chi connectivity index (χ2n) is 5.88. The molecule has 1 aliphatic carbocycles. The number of nitrogens with two attached hydrogens (primary N) is 1. The van der Waals surface area contributed by atoms with E-state index >= 15 is 0 Å². The van der Waals surface area contributed by atoms with E-state index in [2.05, 4.69) is 10.3 Å². The maximum Gasteiger partial charge on any atom is 0.253 e. The number of hydrogen-bond acceptors (Lipinski definition) is 3. The fourth-order valence-electron chi connectivity index (χ4n) is 3.20. The van der Waals surface area contributed by atoms with Crippen LogP contribution in [0.4, 0.5) is 0 Å². The first kappa shape index (κ1) is 14.0. The highest BCUT2D eigenvalue weighted by molar-refractivity contribution is 6.05. The maximum atomic E-state index is 12.7. The molecule has 0 atom stereocenters. The zero-order valence-electron chi connectivity index (χ0n) is 12.1. The molecular weight excluding hydrogens is 262 g/mol. The molecule has 1 aromatic heterocycles. The third-order valence-corrected chi connectivity index (χ3v) is 4.46. The van der Waals surface area contributed by atoms with Gasteiger partial charge in [-0.1, -0.05) is 37.5 Å². The van der Waals surface area contributed by atoms with Crippen LogP contribution in [0.25, 0.3) is 10.9 Å². The van der Waals surface area contributed by atoms with Crippen LogP contribution in [-0.4, -0.2) is 23.0 Å². The lowest BCUT2D eigenvalue weighted by molar-refractivity contribution is 0.0876. The van der Waals surface area contributed by atoms with E-state index in [0.29, 0.717) is 12.1 Å². The summed E-state index contributed by atoms with van der Waals surface area (Å²) < 4.78 is 0. The van der Waals surface area contributed by atoms with Crippen molar-refractivity contribution in [2.24, 2.45) is 5.73 Å². The summed E-state index contributed by atoms with van der Waals surface area (Å²) in [6.07, 6.45) is 7.14. The Morgan fingerprint density at radius 3 is 2.71 bits per heavy atom. The number of para-hydroxylation sites is 1. The molecule has 3 N–H and O–H groups in total. The second kappa shape index (κ2) is 5.82. The van der Waals surface area contributed by atoms with E-state index < -0.39 is 0 Å². The molecule has 1 fully saturated rings. The molecule has 0 saturated heterocycles. The van der Waals surface area contributed by atoms with Crippen LogP contribution >= 0.6 is 0 Å². The number of hydrogen-bond donors (Lipinski definition) is 2. The number of rotatable bonds is 3. The normalized spacial score (nSPS) is 17.6. The number of nitrogens with zero attached hydrogens (tertiary/aromatic N) is 1. The highest BCUT2D eigenvalue weighted by Gasteiger charge is 2.32. The van der Waals surface area contributed by atoms with Gasteiger partial charge >= 0.3 is 0 Å². The Kier molecular flexibility index (Phi) is 3.88. The van der Waals surface area contributed by atoms with Crippen molar-refractivity contribution in [1.82, 2.24) is 10.3 Å². The summed E-state index contributed by atoms with van der Waals surface area (Å²) in [5.74, 6) is -0.0633. The molecule has 1 heterocycles. The van der Waals surface area contributed by atoms with Crippen LogP contribution in [-0.2, 0) is 0 Å². The van der Waals surface area contributed by atoms with Crippen LogP contribution in [0.5, 0.6) is 0 Å². The molecular formula is C17H21N3O. The molecule has 1 aromatic carbocycles. The van der Waals surface area contributed by atoms with Crippen molar-refractivity contribution < 1.29 is 4.79 Å². The van der Waals surface area contributed by atoms with Gasteiger partial charge in [-0.3, -0.25) is 9.78 Å². The Bertz CT molecular complexity index is 642. The van der Waals surface area contributed by atoms with Crippen LogP contribution in [0.1, 0.15) is 42.5 Å². The molecule has 1 aliphatic rings. The summed E-state index contributed by atoms with van der Waals surface area (Å²) in [6, 6.07) is 9.55. The molecule has 0 spiro atoms. The summed E-state index contributed by atoms with van der Waals surface area (Å²) >= 11 is 0. The van der Waals surface area contributed by atoms with Gasteiger partial charge in [0.2, 0.25) is 0 Å². The van der Waals surface area contributed by atoms with Crippen molar-refractivity contribution in [1.29, 1.82) is 0 Å². The predicted octanol–water partition coefficient (Wildman–Crippen LogP) is 2.63. The lowest BCUT2D eigenvalue weighted by atomic mass is 9.81. The van der Waals surface area contributed by atoms with E-state index in [1.165, 1.54) is 6.42 Å². The summed E-state index contributed by atoms with van der Waals surface area (Å²) in [4.78, 5) is 17.0. The van der Waals surface area contributed by atoms with Gasteiger partial charge in [0.05, 0.1) is 16.6 Å². The Morgan fingerprint density at radius 1 is 1.19 bits per heavy atom. The third kappa shape index (κ3) is 2.76. The van der Waals surface area contributed by atoms with E-state index in [-0.39, 0.29) is 11.4 Å². The minimum atomic E-state index is -0.244. The highest BCUT2D eigenvalue weighted by atomic mass is 16.1. The number of carbonyl (C=O) groups excluding carboxylic acids is 1. The summed E-state index contributed by atoms with van der Waals surface area (Å²) in [5, 5.41) is 4.17. The van der Waals surface area contributed by atoms with Crippen LogP contribution in [0.15, 0.2) is 36.5 Å². The largest absolute Gasteiger partial charge is 0.345 e. The zero-order chi connectivity index (χ0) is 14.7. The van der Waals surface area contributed by atoms with Gasteiger partial charge in [0.1, 0.15) is 0 Å². The first-order chi connectivity index (χ1) is 10.2. The first-order valence-corrected chi connectivity index (χ1v) is 7.60. The average Bonchev–Trinajstić information content (AvgIpc) is 2.55. The number of benzene rings is 1. The standard InChI is InChI=1S/C17H21N3O/c18-12-17(9-2-1-3-10-17)20-16(21)14-8-4-6-13-7-5-11-19-15(13)14/h4-8,11H,1-3,9-10,12,18H2,(H,20,21). The quantitative estimate of drug-likeness (QED) is 0.910. The van der Waals surface area contributed by atoms with Gasteiger partial charge in [-0.15, -0.1) is 0 Å². The summed E-state index contributed by atoms with van der Waals surface area (Å²) in [6.45, 7) is 0.497. The van der Waals surface area contributed by atoms with Crippen LogP contribution in [0, 0.1) is 0 Å². The fraction of sp³-hybridized carbons (Fsp3) is 0.412. The van der Waals surface area contributed by atoms with Gasteiger partial charge in [0, 0.05) is 18.1 Å². The van der Waals surface area contributed by atoms with Gasteiger partial charge in [-0.2, -0.15) is 0 Å². The Morgan fingerprint density at radius 2 is 1.95 bits per heavy atom. The second-order valence-corrected chi connectivity index (χ2v) is 5.88. The molecule has 4 heteroatoms. The molecule has 0 bridgehead atoms. The lowest BCUT2D eigenvalue weighted by Gasteiger charge is -2.37. The summed E-state index contributed by atoms with van der Waals surface area (Å²) in [5.41, 5.74) is 7.08. The Labute approximate surface area is 124 Å². The van der Waals surface area contributed by atoms with Crippen molar-refractivity contribution in [2.75, 3.05) is 6.54 Å². The Balaban J connectivity index is 1.90. The van der Waals surface area contributed by atoms with Gasteiger partial charge in [0.15, 0.2) is 0 Å². The average molecular weight is 283 g/mol. The third-order valence-electron chi connectivity index (χ3n) is 4.46. The molecule has 3 rings (SSSR count). The van der Waals surface area contributed by atoms with Crippen molar-refractivity contribution >= 4 is 16.8 Å². The molecule has 110 valence electrons. The molecule has 1 saturated carbocycles. The number of aromatic nitrogens is 1. The van der Waals surface area contributed by atoms with Gasteiger partial charge in [-0.05, 0) is 25.0 Å². The molecule has 0 radical (unpaired) electrons. The van der Waals surface area contributed by atoms with Gasteiger partial charge < -0.3 is 11.1 Å². The number of pyridine rings is 1. The van der Waals surface area contributed by atoms with Crippen LogP contribution < -0.4 is 11.1 Å². The Hall–Kier alpha value is -1.94. The molecule has 21 heavy (non-hydrogen) atoms. The monoisotopic (exact) mass is 283 g/mol. The SMILES string of the molecule is NCC1(NC(=O)c2cccc3cccnc23)CCCCC1. The smallest absolute Gasteiger partial charge is 0.253 e. The zero-order valence-corrected chi connectivity index (χ0v) is 12.1. The van der Waals surface area contributed by atoms with Crippen molar-refractivity contribution in [3.05, 3.63) is 42.1 Å².